The lowest BCUT2D eigenvalue weighted by molar-refractivity contribution is 0.125. The first-order chi connectivity index (χ1) is 7.36. The SMILES string of the molecule is CC[Si](OC)(OC)OC.CO[Si](C)(C)OC. The van der Waals surface area contributed by atoms with Crippen LogP contribution in [0.2, 0.25) is 19.1 Å². The van der Waals surface area contributed by atoms with Crippen molar-refractivity contribution in [1.29, 1.82) is 0 Å². The van der Waals surface area contributed by atoms with E-state index in [1.165, 1.54) is 0 Å². The summed E-state index contributed by atoms with van der Waals surface area (Å²) in [5.74, 6) is 0. The molecular formula is C9H26O5Si2. The van der Waals surface area contributed by atoms with Crippen LogP contribution in [-0.4, -0.2) is 52.9 Å². The van der Waals surface area contributed by atoms with E-state index in [-0.39, 0.29) is 0 Å². The minimum Gasteiger partial charge on any atom is -0.398 e. The summed E-state index contributed by atoms with van der Waals surface area (Å²) in [6, 6.07) is 0.816. The van der Waals surface area contributed by atoms with Gasteiger partial charge in [0.05, 0.1) is 0 Å². The lowest BCUT2D eigenvalue weighted by Crippen LogP contribution is -2.41. The Morgan fingerprint density at radius 1 is 0.688 bits per heavy atom. The summed E-state index contributed by atoms with van der Waals surface area (Å²) in [4.78, 5) is 0. The van der Waals surface area contributed by atoms with Crippen LogP contribution in [0.5, 0.6) is 0 Å². The Morgan fingerprint density at radius 2 is 1.00 bits per heavy atom. The minimum atomic E-state index is -2.19. The number of hydrogen-bond donors (Lipinski definition) is 0. The molecule has 0 fully saturated rings. The molecule has 0 amide bonds. The van der Waals surface area contributed by atoms with Crippen LogP contribution in [0.15, 0.2) is 0 Å². The van der Waals surface area contributed by atoms with Crippen LogP contribution < -0.4 is 0 Å². The van der Waals surface area contributed by atoms with Gasteiger partial charge in [0.2, 0.25) is 0 Å². The van der Waals surface area contributed by atoms with E-state index in [0.717, 1.165) is 6.04 Å². The molecule has 0 rings (SSSR count). The average Bonchev–Trinajstić information content (AvgIpc) is 2.34. The zero-order valence-corrected chi connectivity index (χ0v) is 13.7. The van der Waals surface area contributed by atoms with Gasteiger partial charge in [-0.1, -0.05) is 6.92 Å². The minimum absolute atomic E-state index is 0.816. The van der Waals surface area contributed by atoms with Gasteiger partial charge in [-0.3, -0.25) is 0 Å². The van der Waals surface area contributed by atoms with Gasteiger partial charge in [-0.05, 0) is 13.1 Å². The van der Waals surface area contributed by atoms with E-state index in [9.17, 15) is 0 Å². The first kappa shape index (κ1) is 18.6. The summed E-state index contributed by atoms with van der Waals surface area (Å²) in [7, 11) is 4.35. The van der Waals surface area contributed by atoms with Crippen molar-refractivity contribution in [2.24, 2.45) is 0 Å². The Balaban J connectivity index is 0. The van der Waals surface area contributed by atoms with Crippen molar-refractivity contribution in [2.75, 3.05) is 35.5 Å². The molecule has 0 aromatic carbocycles. The van der Waals surface area contributed by atoms with Gasteiger partial charge in [-0.15, -0.1) is 0 Å². The van der Waals surface area contributed by atoms with E-state index in [1.54, 1.807) is 35.5 Å². The molecule has 0 atom stereocenters. The van der Waals surface area contributed by atoms with Crippen LogP contribution in [0.1, 0.15) is 6.92 Å². The highest BCUT2D eigenvalue weighted by Gasteiger charge is 2.34. The maximum atomic E-state index is 5.08. The maximum Gasteiger partial charge on any atom is 0.499 e. The molecule has 0 saturated carbocycles. The molecule has 0 unspecified atom stereocenters. The van der Waals surface area contributed by atoms with Gasteiger partial charge >= 0.3 is 17.4 Å². The van der Waals surface area contributed by atoms with Gasteiger partial charge in [0.15, 0.2) is 0 Å². The molecule has 0 aromatic heterocycles. The van der Waals surface area contributed by atoms with Crippen molar-refractivity contribution in [1.82, 2.24) is 0 Å². The molecule has 0 saturated heterocycles. The second-order valence-electron chi connectivity index (χ2n) is 3.46. The zero-order chi connectivity index (χ0) is 13.2. The second kappa shape index (κ2) is 9.28. The van der Waals surface area contributed by atoms with Gasteiger partial charge in [-0.25, -0.2) is 0 Å². The Kier molecular flexibility index (Phi) is 10.8. The van der Waals surface area contributed by atoms with E-state index >= 15 is 0 Å². The highest BCUT2D eigenvalue weighted by Crippen LogP contribution is 2.10. The summed E-state index contributed by atoms with van der Waals surface area (Å²) in [6.07, 6.45) is 0. The maximum absolute atomic E-state index is 5.08. The first-order valence-electron chi connectivity index (χ1n) is 5.12. The Bertz CT molecular complexity index is 138. The predicted molar refractivity (Wildman–Crippen MR) is 68.8 cm³/mol. The van der Waals surface area contributed by atoms with E-state index in [4.69, 9.17) is 22.1 Å². The molecule has 16 heavy (non-hydrogen) atoms. The standard InChI is InChI=1S/C5H14O3Si.C4H12O2Si/c1-5-9(6-2,7-3)8-4;1-5-7(3,4)6-2/h5H2,1-4H3;1-4H3. The Labute approximate surface area is 102 Å². The lowest BCUT2D eigenvalue weighted by Gasteiger charge is -2.22. The van der Waals surface area contributed by atoms with Gasteiger partial charge in [0, 0.05) is 41.6 Å². The van der Waals surface area contributed by atoms with Crippen LogP contribution in [-0.2, 0) is 22.1 Å². The Hall–Kier alpha value is 0.234. The summed E-state index contributed by atoms with van der Waals surface area (Å²) < 4.78 is 25.2. The zero-order valence-electron chi connectivity index (χ0n) is 11.7. The third-order valence-electron chi connectivity index (χ3n) is 2.35. The monoisotopic (exact) mass is 270 g/mol. The van der Waals surface area contributed by atoms with Crippen molar-refractivity contribution < 1.29 is 22.1 Å². The lowest BCUT2D eigenvalue weighted by atomic mass is 11.0. The number of rotatable bonds is 6. The fourth-order valence-electron chi connectivity index (χ4n) is 0.766. The summed E-state index contributed by atoms with van der Waals surface area (Å²) in [5.41, 5.74) is 0. The summed E-state index contributed by atoms with van der Waals surface area (Å²) in [5, 5.41) is 0. The average molecular weight is 270 g/mol. The molecule has 7 heteroatoms. The summed E-state index contributed by atoms with van der Waals surface area (Å²) in [6.45, 7) is 5.97. The molecule has 0 spiro atoms. The molecule has 100 valence electrons. The quantitative estimate of drug-likeness (QED) is 0.690. The fraction of sp³-hybridized carbons (Fsp3) is 1.00. The molecule has 0 aliphatic heterocycles. The van der Waals surface area contributed by atoms with Crippen LogP contribution in [0.4, 0.5) is 0 Å². The van der Waals surface area contributed by atoms with Crippen molar-refractivity contribution in [3.05, 3.63) is 0 Å². The van der Waals surface area contributed by atoms with Crippen molar-refractivity contribution >= 4 is 17.4 Å². The van der Waals surface area contributed by atoms with E-state index in [0.29, 0.717) is 0 Å². The second-order valence-corrected chi connectivity index (χ2v) is 10.4. The van der Waals surface area contributed by atoms with E-state index in [1.807, 2.05) is 20.0 Å². The number of hydrogen-bond acceptors (Lipinski definition) is 5. The van der Waals surface area contributed by atoms with Crippen LogP contribution in [0.3, 0.4) is 0 Å². The smallest absolute Gasteiger partial charge is 0.398 e. The van der Waals surface area contributed by atoms with Gasteiger partial charge in [0.1, 0.15) is 0 Å². The van der Waals surface area contributed by atoms with E-state index < -0.39 is 17.4 Å². The topological polar surface area (TPSA) is 46.2 Å². The molecule has 0 aromatic rings. The van der Waals surface area contributed by atoms with E-state index in [2.05, 4.69) is 0 Å². The highest BCUT2D eigenvalue weighted by atomic mass is 28.4. The molecule has 0 bridgehead atoms. The highest BCUT2D eigenvalue weighted by molar-refractivity contribution is 6.64. The largest absolute Gasteiger partial charge is 0.499 e. The predicted octanol–water partition coefficient (Wildman–Crippen LogP) is 1.87. The summed E-state index contributed by atoms with van der Waals surface area (Å²) >= 11 is 0. The third-order valence-corrected chi connectivity index (χ3v) is 7.05. The molecule has 0 aliphatic carbocycles. The fourth-order valence-corrected chi connectivity index (χ4v) is 2.30. The molecule has 0 N–H and O–H groups in total. The van der Waals surface area contributed by atoms with Gasteiger partial charge in [-0.2, -0.15) is 0 Å². The van der Waals surface area contributed by atoms with Crippen LogP contribution >= 0.6 is 0 Å². The van der Waals surface area contributed by atoms with Crippen molar-refractivity contribution in [3.63, 3.8) is 0 Å². The Morgan fingerprint density at radius 3 is 1.00 bits per heavy atom. The molecule has 0 heterocycles. The van der Waals surface area contributed by atoms with Gasteiger partial charge < -0.3 is 22.1 Å². The van der Waals surface area contributed by atoms with Crippen LogP contribution in [0, 0.1) is 0 Å². The molecular weight excluding hydrogens is 244 g/mol. The molecule has 0 radical (unpaired) electrons. The molecule has 5 nitrogen and oxygen atoms in total. The molecule has 0 aliphatic rings. The van der Waals surface area contributed by atoms with Crippen molar-refractivity contribution in [2.45, 2.75) is 26.1 Å². The van der Waals surface area contributed by atoms with Crippen LogP contribution in [0.25, 0.3) is 0 Å². The normalized spacial score (nSPS) is 12.0. The third kappa shape index (κ3) is 7.50. The van der Waals surface area contributed by atoms with Crippen molar-refractivity contribution in [3.8, 4) is 0 Å². The van der Waals surface area contributed by atoms with Gasteiger partial charge in [0.25, 0.3) is 0 Å². The first-order valence-corrected chi connectivity index (χ1v) is 9.87.